The second kappa shape index (κ2) is 13.6. The van der Waals surface area contributed by atoms with Crippen molar-refractivity contribution in [3.63, 3.8) is 0 Å². The van der Waals surface area contributed by atoms with E-state index in [4.69, 9.17) is 14.6 Å². The van der Waals surface area contributed by atoms with Crippen molar-refractivity contribution in [1.82, 2.24) is 5.32 Å². The molecule has 26 heavy (non-hydrogen) atoms. The van der Waals surface area contributed by atoms with Gasteiger partial charge in [-0.1, -0.05) is 42.5 Å². The summed E-state index contributed by atoms with van der Waals surface area (Å²) >= 11 is 0. The van der Waals surface area contributed by atoms with E-state index in [0.717, 1.165) is 18.7 Å². The lowest BCUT2D eigenvalue weighted by molar-refractivity contribution is 0.0999. The molecule has 0 radical (unpaired) electrons. The maximum atomic E-state index is 8.76. The van der Waals surface area contributed by atoms with E-state index in [9.17, 15) is 0 Å². The van der Waals surface area contributed by atoms with Crippen LogP contribution in [0.3, 0.4) is 0 Å². The van der Waals surface area contributed by atoms with Gasteiger partial charge < -0.3 is 25.4 Å². The lowest BCUT2D eigenvalue weighted by Gasteiger charge is -2.20. The minimum Gasteiger partial charge on any atom is -0.491 e. The molecule has 4 N–H and O–H groups in total. The number of aliphatic hydroxyl groups excluding tert-OH is 1. The average Bonchev–Trinajstić information content (AvgIpc) is 2.62. The Balaban J connectivity index is 0.00000312. The van der Waals surface area contributed by atoms with Gasteiger partial charge in [0.25, 0.3) is 0 Å². The van der Waals surface area contributed by atoms with Crippen molar-refractivity contribution in [3.05, 3.63) is 65.7 Å². The zero-order chi connectivity index (χ0) is 17.2. The lowest BCUT2D eigenvalue weighted by Crippen LogP contribution is -2.32. The SMILES string of the molecule is COC(CNC(C)Cc1ccc(OCCO)cc1)c1ccccc1.Cl.O. The fourth-order valence-electron chi connectivity index (χ4n) is 2.62. The molecule has 0 bridgehead atoms. The Morgan fingerprint density at radius 3 is 2.27 bits per heavy atom. The highest BCUT2D eigenvalue weighted by molar-refractivity contribution is 5.85. The van der Waals surface area contributed by atoms with E-state index in [0.29, 0.717) is 12.6 Å². The lowest BCUT2D eigenvalue weighted by atomic mass is 10.1. The third-order valence-corrected chi connectivity index (χ3v) is 3.93. The minimum atomic E-state index is 0. The highest BCUT2D eigenvalue weighted by Gasteiger charge is 2.11. The molecule has 146 valence electrons. The highest BCUT2D eigenvalue weighted by Crippen LogP contribution is 2.16. The van der Waals surface area contributed by atoms with Crippen LogP contribution in [0.1, 0.15) is 24.2 Å². The van der Waals surface area contributed by atoms with Gasteiger partial charge in [0.1, 0.15) is 12.4 Å². The molecule has 2 unspecified atom stereocenters. The molecule has 0 aliphatic rings. The molecule has 2 aromatic carbocycles. The number of halogens is 1. The van der Waals surface area contributed by atoms with Crippen LogP contribution in [0.5, 0.6) is 5.75 Å². The molecule has 0 aliphatic heterocycles. The monoisotopic (exact) mass is 383 g/mol. The van der Waals surface area contributed by atoms with E-state index in [2.05, 4.69) is 36.5 Å². The van der Waals surface area contributed by atoms with E-state index < -0.39 is 0 Å². The minimum absolute atomic E-state index is 0. The molecule has 2 atom stereocenters. The number of benzene rings is 2. The van der Waals surface area contributed by atoms with Crippen LogP contribution < -0.4 is 10.1 Å². The van der Waals surface area contributed by atoms with E-state index in [1.807, 2.05) is 30.3 Å². The third kappa shape index (κ3) is 8.17. The Labute approximate surface area is 162 Å². The van der Waals surface area contributed by atoms with Crippen LogP contribution in [0.25, 0.3) is 0 Å². The number of aliphatic hydroxyl groups is 1. The Morgan fingerprint density at radius 1 is 1.04 bits per heavy atom. The van der Waals surface area contributed by atoms with Crippen molar-refractivity contribution in [2.75, 3.05) is 26.9 Å². The number of hydrogen-bond donors (Lipinski definition) is 2. The Kier molecular flexibility index (Phi) is 12.7. The highest BCUT2D eigenvalue weighted by atomic mass is 35.5. The molecule has 6 heteroatoms. The third-order valence-electron chi connectivity index (χ3n) is 3.93. The van der Waals surface area contributed by atoms with Crippen molar-refractivity contribution < 1.29 is 20.1 Å². The molecule has 0 aromatic heterocycles. The zero-order valence-electron chi connectivity index (χ0n) is 15.4. The Morgan fingerprint density at radius 2 is 1.69 bits per heavy atom. The van der Waals surface area contributed by atoms with Gasteiger partial charge in [0.2, 0.25) is 0 Å². The molecular formula is C20H30ClNO4. The zero-order valence-corrected chi connectivity index (χ0v) is 16.2. The fraction of sp³-hybridized carbons (Fsp3) is 0.400. The molecule has 0 fully saturated rings. The first-order valence-electron chi connectivity index (χ1n) is 8.36. The van der Waals surface area contributed by atoms with Gasteiger partial charge in [-0.25, -0.2) is 0 Å². The van der Waals surface area contributed by atoms with Crippen molar-refractivity contribution in [3.8, 4) is 5.75 Å². The van der Waals surface area contributed by atoms with Crippen molar-refractivity contribution in [2.24, 2.45) is 0 Å². The van der Waals surface area contributed by atoms with Gasteiger partial charge in [0, 0.05) is 19.7 Å². The molecule has 2 aromatic rings. The van der Waals surface area contributed by atoms with Crippen LogP contribution in [-0.2, 0) is 11.2 Å². The van der Waals surface area contributed by atoms with Crippen LogP contribution in [0.2, 0.25) is 0 Å². The van der Waals surface area contributed by atoms with E-state index in [-0.39, 0.29) is 30.6 Å². The first-order chi connectivity index (χ1) is 11.7. The van der Waals surface area contributed by atoms with Gasteiger partial charge in [0.05, 0.1) is 12.7 Å². The summed E-state index contributed by atoms with van der Waals surface area (Å²) < 4.78 is 11.0. The Bertz CT molecular complexity index is 580. The molecule has 0 spiro atoms. The summed E-state index contributed by atoms with van der Waals surface area (Å²) in [5.41, 5.74) is 2.44. The summed E-state index contributed by atoms with van der Waals surface area (Å²) in [5, 5.41) is 12.3. The topological polar surface area (TPSA) is 82.2 Å². The van der Waals surface area contributed by atoms with E-state index >= 15 is 0 Å². The molecular weight excluding hydrogens is 354 g/mol. The number of ether oxygens (including phenoxy) is 2. The number of nitrogens with one attached hydrogen (secondary N) is 1. The first-order valence-corrected chi connectivity index (χ1v) is 8.36. The summed E-state index contributed by atoms with van der Waals surface area (Å²) in [6, 6.07) is 18.6. The molecule has 0 amide bonds. The summed E-state index contributed by atoms with van der Waals surface area (Å²) in [6.45, 7) is 3.31. The predicted molar refractivity (Wildman–Crippen MR) is 107 cm³/mol. The molecule has 0 heterocycles. The summed E-state index contributed by atoms with van der Waals surface area (Å²) in [5.74, 6) is 0.789. The molecule has 5 nitrogen and oxygen atoms in total. The van der Waals surface area contributed by atoms with Gasteiger partial charge in [-0.05, 0) is 36.6 Å². The van der Waals surface area contributed by atoms with Crippen LogP contribution in [0, 0.1) is 0 Å². The summed E-state index contributed by atoms with van der Waals surface area (Å²) in [7, 11) is 1.75. The second-order valence-corrected chi connectivity index (χ2v) is 5.86. The van der Waals surface area contributed by atoms with Crippen molar-refractivity contribution in [1.29, 1.82) is 0 Å². The van der Waals surface area contributed by atoms with Gasteiger partial charge >= 0.3 is 0 Å². The molecule has 0 saturated heterocycles. The van der Waals surface area contributed by atoms with Crippen molar-refractivity contribution in [2.45, 2.75) is 25.5 Å². The maximum Gasteiger partial charge on any atom is 0.119 e. The van der Waals surface area contributed by atoms with Crippen LogP contribution in [-0.4, -0.2) is 43.5 Å². The number of rotatable bonds is 10. The normalized spacial score (nSPS) is 12.4. The smallest absolute Gasteiger partial charge is 0.119 e. The second-order valence-electron chi connectivity index (χ2n) is 5.86. The molecule has 0 saturated carbocycles. The molecule has 2 rings (SSSR count). The average molecular weight is 384 g/mol. The Hall–Kier alpha value is -1.63. The fourth-order valence-corrected chi connectivity index (χ4v) is 2.62. The maximum absolute atomic E-state index is 8.76. The van der Waals surface area contributed by atoms with Gasteiger partial charge in [-0.2, -0.15) is 0 Å². The van der Waals surface area contributed by atoms with Crippen LogP contribution >= 0.6 is 12.4 Å². The van der Waals surface area contributed by atoms with Crippen LogP contribution in [0.4, 0.5) is 0 Å². The quantitative estimate of drug-likeness (QED) is 0.660. The number of hydrogen-bond acceptors (Lipinski definition) is 4. The van der Waals surface area contributed by atoms with Gasteiger partial charge in [-0.3, -0.25) is 0 Å². The first kappa shape index (κ1) is 24.4. The van der Waals surface area contributed by atoms with Gasteiger partial charge in [-0.15, -0.1) is 12.4 Å². The summed E-state index contributed by atoms with van der Waals surface area (Å²) in [4.78, 5) is 0. The van der Waals surface area contributed by atoms with Crippen LogP contribution in [0.15, 0.2) is 54.6 Å². The van der Waals surface area contributed by atoms with Gasteiger partial charge in [0.15, 0.2) is 0 Å². The summed E-state index contributed by atoms with van der Waals surface area (Å²) in [6.07, 6.45) is 0.994. The standard InChI is InChI=1S/C20H27NO3.ClH.H2O/c1-16(14-17-8-10-19(11-9-17)24-13-12-22)21-15-20(23-2)18-6-4-3-5-7-18;;/h3-11,16,20-22H,12-15H2,1-2H3;1H;1H2. The van der Waals surface area contributed by atoms with E-state index in [1.165, 1.54) is 11.1 Å². The van der Waals surface area contributed by atoms with E-state index in [1.54, 1.807) is 7.11 Å². The predicted octanol–water partition coefficient (Wildman–Crippen LogP) is 2.56. The largest absolute Gasteiger partial charge is 0.491 e. The number of methoxy groups -OCH3 is 1. The molecule has 0 aliphatic carbocycles. The van der Waals surface area contributed by atoms with Crippen molar-refractivity contribution >= 4 is 12.4 Å².